The number of azide groups is 1. The second kappa shape index (κ2) is 11.9. The van der Waals surface area contributed by atoms with Crippen LogP contribution in [0.2, 0.25) is 0 Å². The number of rotatable bonds is 9. The molecule has 0 aromatic carbocycles. The molecule has 3 unspecified atom stereocenters. The maximum Gasteiger partial charge on any atom is 0.306 e. The van der Waals surface area contributed by atoms with Gasteiger partial charge in [-0.3, -0.25) is 9.59 Å². The number of carbonyl (C=O) groups excluding carboxylic acids is 3. The number of esters is 1. The zero-order chi connectivity index (χ0) is 24.9. The van der Waals surface area contributed by atoms with Gasteiger partial charge in [0.2, 0.25) is 0 Å². The Labute approximate surface area is 193 Å². The first kappa shape index (κ1) is 27.2. The fourth-order valence-corrected chi connectivity index (χ4v) is 4.43. The van der Waals surface area contributed by atoms with Gasteiger partial charge in [-0.15, -0.1) is 0 Å². The quantitative estimate of drug-likeness (QED) is 0.234. The number of ketones is 2. The van der Waals surface area contributed by atoms with Crippen LogP contribution in [0.3, 0.4) is 0 Å². The second-order valence-electron chi connectivity index (χ2n) is 9.04. The maximum absolute atomic E-state index is 12.3. The fraction of sp³-hybridized carbons (Fsp3) is 0.864. The average molecular weight is 470 g/mol. The summed E-state index contributed by atoms with van der Waals surface area (Å²) in [5.41, 5.74) is 9.08. The number of Topliss-reactive ketones (excluding diaryl/α,β-unsaturated/α-hetero) is 2. The average Bonchev–Trinajstić information content (AvgIpc) is 2.75. The molecule has 10 atom stereocenters. The van der Waals surface area contributed by atoms with Gasteiger partial charge in [-0.25, -0.2) is 0 Å². The lowest BCUT2D eigenvalue weighted by molar-refractivity contribution is -0.313. The molecule has 0 spiro atoms. The number of nitrogens with zero attached hydrogens (tertiary/aromatic N) is 3. The van der Waals surface area contributed by atoms with E-state index in [1.54, 1.807) is 6.92 Å². The van der Waals surface area contributed by atoms with E-state index in [9.17, 15) is 19.5 Å². The lowest BCUT2D eigenvalue weighted by Gasteiger charge is -2.47. The van der Waals surface area contributed by atoms with E-state index in [1.807, 2.05) is 20.8 Å². The van der Waals surface area contributed by atoms with Crippen molar-refractivity contribution in [3.8, 4) is 0 Å². The van der Waals surface area contributed by atoms with Crippen molar-refractivity contribution in [2.24, 2.45) is 22.9 Å². The highest BCUT2D eigenvalue weighted by Gasteiger charge is 2.50. The third-order valence-electron chi connectivity index (χ3n) is 6.67. The van der Waals surface area contributed by atoms with E-state index in [-0.39, 0.29) is 42.3 Å². The first-order valence-electron chi connectivity index (χ1n) is 11.4. The van der Waals surface area contributed by atoms with Crippen molar-refractivity contribution in [3.63, 3.8) is 0 Å². The zero-order valence-corrected chi connectivity index (χ0v) is 20.0. The summed E-state index contributed by atoms with van der Waals surface area (Å²) in [6, 6.07) is -0.643. The van der Waals surface area contributed by atoms with Crippen molar-refractivity contribution in [1.82, 2.24) is 0 Å². The normalized spacial score (nSPS) is 38.8. The summed E-state index contributed by atoms with van der Waals surface area (Å²) >= 11 is 0. The van der Waals surface area contributed by atoms with Crippen molar-refractivity contribution in [2.75, 3.05) is 0 Å². The van der Waals surface area contributed by atoms with Gasteiger partial charge >= 0.3 is 5.97 Å². The van der Waals surface area contributed by atoms with Gasteiger partial charge in [0.15, 0.2) is 24.5 Å². The van der Waals surface area contributed by atoms with Crippen molar-refractivity contribution in [3.05, 3.63) is 10.4 Å². The minimum absolute atomic E-state index is 0.0190. The van der Waals surface area contributed by atoms with E-state index in [2.05, 4.69) is 10.0 Å². The van der Waals surface area contributed by atoms with Crippen LogP contribution in [0, 0.1) is 17.8 Å². The van der Waals surface area contributed by atoms with E-state index in [4.69, 9.17) is 24.5 Å². The largest absolute Gasteiger partial charge is 0.457 e. The molecule has 0 aliphatic carbocycles. The summed E-state index contributed by atoms with van der Waals surface area (Å²) in [4.78, 5) is 38.6. The molecule has 11 heteroatoms. The molecule has 2 rings (SSSR count). The topological polar surface area (TPSA) is 157 Å². The SMILES string of the molecule is CC[C@@H]1O[C@@H](O[C@@H]2[C@H](C)C(OC(=O)CCC(C)=O)C(O)O[C@H]2C(C)=O)C(N=[N+]=[N-])[C@@H](C)[C@H]1C. The van der Waals surface area contributed by atoms with Crippen LogP contribution >= 0.6 is 0 Å². The molecule has 2 fully saturated rings. The van der Waals surface area contributed by atoms with Gasteiger partial charge in [-0.1, -0.05) is 32.8 Å². The van der Waals surface area contributed by atoms with Gasteiger partial charge < -0.3 is 28.8 Å². The second-order valence-corrected chi connectivity index (χ2v) is 9.04. The molecule has 0 aromatic heterocycles. The Morgan fingerprint density at radius 2 is 1.70 bits per heavy atom. The van der Waals surface area contributed by atoms with Gasteiger partial charge in [0.1, 0.15) is 18.0 Å². The van der Waals surface area contributed by atoms with Crippen LogP contribution in [0.4, 0.5) is 0 Å². The number of ether oxygens (including phenoxy) is 4. The maximum atomic E-state index is 12.3. The van der Waals surface area contributed by atoms with Gasteiger partial charge in [0.05, 0.1) is 18.6 Å². The molecule has 0 radical (unpaired) electrons. The molecule has 1 N–H and O–H groups in total. The molecule has 2 heterocycles. The summed E-state index contributed by atoms with van der Waals surface area (Å²) in [7, 11) is 0. The fourth-order valence-electron chi connectivity index (χ4n) is 4.43. The van der Waals surface area contributed by atoms with Crippen LogP contribution in [0.25, 0.3) is 10.4 Å². The van der Waals surface area contributed by atoms with Crippen molar-refractivity contribution >= 4 is 17.5 Å². The van der Waals surface area contributed by atoms with E-state index in [0.717, 1.165) is 6.42 Å². The van der Waals surface area contributed by atoms with Crippen molar-refractivity contribution in [2.45, 2.75) is 104 Å². The van der Waals surface area contributed by atoms with Gasteiger partial charge in [0.25, 0.3) is 0 Å². The third kappa shape index (κ3) is 6.51. The molecule has 0 bridgehead atoms. The summed E-state index contributed by atoms with van der Waals surface area (Å²) in [5.74, 6) is -1.80. The molecule has 33 heavy (non-hydrogen) atoms. The Bertz CT molecular complexity index is 771. The summed E-state index contributed by atoms with van der Waals surface area (Å²) in [5, 5.41) is 14.3. The van der Waals surface area contributed by atoms with E-state index in [0.29, 0.717) is 0 Å². The molecule has 2 aliphatic rings. The first-order chi connectivity index (χ1) is 15.5. The molecule has 0 saturated carbocycles. The van der Waals surface area contributed by atoms with Gasteiger partial charge in [-0.2, -0.15) is 0 Å². The summed E-state index contributed by atoms with van der Waals surface area (Å²) in [6.45, 7) is 10.3. The van der Waals surface area contributed by atoms with Crippen molar-refractivity contribution in [1.29, 1.82) is 0 Å². The monoisotopic (exact) mass is 469 g/mol. The van der Waals surface area contributed by atoms with Crippen LogP contribution in [0.1, 0.15) is 60.8 Å². The summed E-state index contributed by atoms with van der Waals surface area (Å²) < 4.78 is 23.2. The molecule has 2 saturated heterocycles. The molecule has 0 amide bonds. The van der Waals surface area contributed by atoms with Crippen LogP contribution in [0.5, 0.6) is 0 Å². The van der Waals surface area contributed by atoms with E-state index < -0.39 is 48.8 Å². The predicted molar refractivity (Wildman–Crippen MR) is 116 cm³/mol. The molecule has 0 aromatic rings. The summed E-state index contributed by atoms with van der Waals surface area (Å²) in [6.07, 6.45) is -5.21. The Hall–Kier alpha value is -2.04. The number of aliphatic hydroxyl groups excluding tert-OH is 1. The number of hydrogen-bond acceptors (Lipinski definition) is 9. The van der Waals surface area contributed by atoms with E-state index >= 15 is 0 Å². The number of aliphatic hydroxyl groups is 1. The Morgan fingerprint density at radius 1 is 1.03 bits per heavy atom. The van der Waals surface area contributed by atoms with Gasteiger partial charge in [-0.05, 0) is 37.6 Å². The Morgan fingerprint density at radius 3 is 2.24 bits per heavy atom. The smallest absolute Gasteiger partial charge is 0.306 e. The third-order valence-corrected chi connectivity index (χ3v) is 6.67. The van der Waals surface area contributed by atoms with Crippen LogP contribution in [-0.4, -0.2) is 65.7 Å². The zero-order valence-electron chi connectivity index (χ0n) is 20.0. The molecular weight excluding hydrogens is 434 g/mol. The Kier molecular flexibility index (Phi) is 9.81. The minimum Gasteiger partial charge on any atom is -0.457 e. The lowest BCUT2D eigenvalue weighted by atomic mass is 9.81. The number of hydrogen-bond donors (Lipinski definition) is 1. The first-order valence-corrected chi connectivity index (χ1v) is 11.4. The van der Waals surface area contributed by atoms with Crippen molar-refractivity contribution < 1.29 is 38.4 Å². The highest BCUT2D eigenvalue weighted by Crippen LogP contribution is 2.38. The standard InChI is InChI=1S/C22H35N3O8/c1-7-15-11(3)12(4)17(24-25-23)22(30-15)33-18-13(5)19(21(29)32-20(18)14(6)27)31-16(28)9-8-10(2)26/h11-13,15,17-22,29H,7-9H2,1-6H3/t11-,12+,13+,15+,17?,18-,19?,20+,21?,22+/m1/s1. The highest BCUT2D eigenvalue weighted by atomic mass is 16.7. The van der Waals surface area contributed by atoms with Crippen LogP contribution in [0.15, 0.2) is 5.11 Å². The minimum atomic E-state index is -1.54. The molecule has 186 valence electrons. The lowest BCUT2D eigenvalue weighted by Crippen LogP contribution is -2.60. The predicted octanol–water partition coefficient (Wildman–Crippen LogP) is 2.68. The van der Waals surface area contributed by atoms with Crippen LogP contribution in [-0.2, 0) is 33.3 Å². The van der Waals surface area contributed by atoms with Gasteiger partial charge in [0, 0.05) is 17.3 Å². The highest BCUT2D eigenvalue weighted by molar-refractivity contribution is 5.82. The molecule has 2 aliphatic heterocycles. The molecular formula is C22H35N3O8. The Balaban J connectivity index is 2.27. The molecule has 11 nitrogen and oxygen atoms in total. The number of carbonyl (C=O) groups is 3. The van der Waals surface area contributed by atoms with Crippen LogP contribution < -0.4 is 0 Å². The van der Waals surface area contributed by atoms with E-state index in [1.165, 1.54) is 13.8 Å².